The van der Waals surface area contributed by atoms with Crippen LogP contribution in [0.2, 0.25) is 0 Å². The lowest BCUT2D eigenvalue weighted by Gasteiger charge is -2.11. The summed E-state index contributed by atoms with van der Waals surface area (Å²) in [5.41, 5.74) is 4.11. The number of benzene rings is 3. The lowest BCUT2D eigenvalue weighted by atomic mass is 10.0. The molecule has 0 atom stereocenters. The lowest BCUT2D eigenvalue weighted by molar-refractivity contribution is -0.118. The zero-order valence-electron chi connectivity index (χ0n) is 18.6. The van der Waals surface area contributed by atoms with E-state index in [1.807, 2.05) is 85.8 Å². The molecule has 3 aromatic carbocycles. The molecule has 4 aromatic rings. The Morgan fingerprint density at radius 2 is 1.56 bits per heavy atom. The van der Waals surface area contributed by atoms with Crippen molar-refractivity contribution in [3.05, 3.63) is 93.8 Å². The third kappa shape index (κ3) is 5.21. The van der Waals surface area contributed by atoms with E-state index in [2.05, 4.69) is 21.2 Å². The molecule has 172 valence electrons. The molecule has 0 fully saturated rings. The van der Waals surface area contributed by atoms with Gasteiger partial charge in [0.15, 0.2) is 6.61 Å². The molecule has 0 saturated heterocycles. The molecule has 0 spiro atoms. The minimum absolute atomic E-state index is 0.207. The van der Waals surface area contributed by atoms with Crippen LogP contribution in [0.4, 0.5) is 5.00 Å². The highest BCUT2D eigenvalue weighted by molar-refractivity contribution is 9.10. The van der Waals surface area contributed by atoms with Gasteiger partial charge in [-0.3, -0.25) is 4.79 Å². The largest absolute Gasteiger partial charge is 0.483 e. The van der Waals surface area contributed by atoms with E-state index >= 15 is 0 Å². The van der Waals surface area contributed by atoms with Crippen LogP contribution in [-0.2, 0) is 9.53 Å². The average molecular weight is 536 g/mol. The first-order valence-electron chi connectivity index (χ1n) is 10.5. The van der Waals surface area contributed by atoms with Crippen molar-refractivity contribution < 1.29 is 19.1 Å². The van der Waals surface area contributed by atoms with Crippen LogP contribution in [0.5, 0.6) is 5.75 Å². The molecular weight excluding hydrogens is 514 g/mol. The van der Waals surface area contributed by atoms with Crippen molar-refractivity contribution in [2.45, 2.75) is 6.92 Å². The van der Waals surface area contributed by atoms with Gasteiger partial charge in [-0.25, -0.2) is 4.79 Å². The molecule has 0 aliphatic heterocycles. The summed E-state index contributed by atoms with van der Waals surface area (Å²) in [6, 6.07) is 25.3. The van der Waals surface area contributed by atoms with Gasteiger partial charge in [-0.05, 0) is 51.7 Å². The summed E-state index contributed by atoms with van der Waals surface area (Å²) >= 11 is 4.86. The van der Waals surface area contributed by atoms with E-state index in [4.69, 9.17) is 9.47 Å². The molecule has 1 amide bonds. The Balaban J connectivity index is 1.50. The first-order valence-corrected chi connectivity index (χ1v) is 12.1. The van der Waals surface area contributed by atoms with Crippen molar-refractivity contribution in [1.29, 1.82) is 0 Å². The lowest BCUT2D eigenvalue weighted by Crippen LogP contribution is -2.21. The highest BCUT2D eigenvalue weighted by Crippen LogP contribution is 2.40. The highest BCUT2D eigenvalue weighted by Gasteiger charge is 2.25. The molecule has 1 aromatic heterocycles. The maximum atomic E-state index is 12.7. The number of halogens is 1. The molecule has 0 radical (unpaired) electrons. The predicted octanol–water partition coefficient (Wildman–Crippen LogP) is 6.96. The monoisotopic (exact) mass is 535 g/mol. The van der Waals surface area contributed by atoms with Crippen LogP contribution in [-0.4, -0.2) is 25.6 Å². The quantitative estimate of drug-likeness (QED) is 0.260. The number of methoxy groups -OCH3 is 1. The molecule has 0 aliphatic carbocycles. The Bertz CT molecular complexity index is 1320. The third-order valence-electron chi connectivity index (χ3n) is 5.19. The fourth-order valence-corrected chi connectivity index (χ4v) is 5.19. The number of aryl methyl sites for hydroxylation is 1. The van der Waals surface area contributed by atoms with Crippen LogP contribution in [0.25, 0.3) is 22.3 Å². The summed E-state index contributed by atoms with van der Waals surface area (Å²) in [7, 11) is 1.33. The number of ether oxygens (including phenoxy) is 2. The Morgan fingerprint density at radius 1 is 0.912 bits per heavy atom. The summed E-state index contributed by atoms with van der Waals surface area (Å²) in [6.07, 6.45) is 0. The topological polar surface area (TPSA) is 64.6 Å². The molecule has 4 rings (SSSR count). The Labute approximate surface area is 210 Å². The van der Waals surface area contributed by atoms with Crippen LogP contribution < -0.4 is 10.1 Å². The van der Waals surface area contributed by atoms with E-state index in [9.17, 15) is 9.59 Å². The summed E-state index contributed by atoms with van der Waals surface area (Å²) in [5.74, 6) is -0.320. The van der Waals surface area contributed by atoms with E-state index in [1.165, 1.54) is 18.4 Å². The van der Waals surface area contributed by atoms with Gasteiger partial charge in [0.1, 0.15) is 16.3 Å². The summed E-state index contributed by atoms with van der Waals surface area (Å²) in [4.78, 5) is 26.2. The molecule has 5 nitrogen and oxygen atoms in total. The first kappa shape index (κ1) is 23.7. The molecule has 0 saturated carbocycles. The van der Waals surface area contributed by atoms with Crippen molar-refractivity contribution in [2.75, 3.05) is 19.0 Å². The van der Waals surface area contributed by atoms with Gasteiger partial charge in [0.05, 0.1) is 11.6 Å². The van der Waals surface area contributed by atoms with Gasteiger partial charge in [0.2, 0.25) is 0 Å². The summed E-state index contributed by atoms with van der Waals surface area (Å²) < 4.78 is 11.5. The molecule has 0 bridgehead atoms. The van der Waals surface area contributed by atoms with E-state index in [0.717, 1.165) is 31.6 Å². The number of nitrogens with one attached hydrogen (secondary N) is 1. The zero-order valence-corrected chi connectivity index (χ0v) is 21.0. The van der Waals surface area contributed by atoms with Gasteiger partial charge >= 0.3 is 5.97 Å². The second-order valence-corrected chi connectivity index (χ2v) is 9.52. The SMILES string of the molecule is COC(=O)c1c(NC(=O)COc2ccc(-c3ccccc3)cc2Br)sc(C)c1-c1ccccc1. The highest BCUT2D eigenvalue weighted by atomic mass is 79.9. The van der Waals surface area contributed by atoms with Crippen molar-refractivity contribution in [3.8, 4) is 28.0 Å². The number of carbonyl (C=O) groups excluding carboxylic acids is 2. The van der Waals surface area contributed by atoms with E-state index < -0.39 is 5.97 Å². The molecular formula is C27H22BrNO4S. The van der Waals surface area contributed by atoms with Crippen molar-refractivity contribution in [1.82, 2.24) is 0 Å². The third-order valence-corrected chi connectivity index (χ3v) is 6.83. The standard InChI is InChI=1S/C27H22BrNO4S/c1-17-24(19-11-7-4-8-12-19)25(27(31)32-2)26(34-17)29-23(30)16-33-22-14-13-20(15-21(22)28)18-9-5-3-6-10-18/h3-15H,16H2,1-2H3,(H,29,30). The van der Waals surface area contributed by atoms with Gasteiger partial charge in [-0.15, -0.1) is 11.3 Å². The number of thiophene rings is 1. The second-order valence-electron chi connectivity index (χ2n) is 7.44. The zero-order chi connectivity index (χ0) is 24.1. The van der Waals surface area contributed by atoms with Gasteiger partial charge in [-0.2, -0.15) is 0 Å². The number of amides is 1. The second kappa shape index (κ2) is 10.7. The molecule has 7 heteroatoms. The first-order chi connectivity index (χ1) is 16.5. The van der Waals surface area contributed by atoms with Crippen LogP contribution in [0.3, 0.4) is 0 Å². The summed E-state index contributed by atoms with van der Waals surface area (Å²) in [5, 5.41) is 3.26. The van der Waals surface area contributed by atoms with Crippen LogP contribution >= 0.6 is 27.3 Å². The van der Waals surface area contributed by atoms with Gasteiger partial charge in [-0.1, -0.05) is 66.7 Å². The van der Waals surface area contributed by atoms with Crippen LogP contribution in [0.1, 0.15) is 15.2 Å². The number of hydrogen-bond donors (Lipinski definition) is 1. The van der Waals surface area contributed by atoms with Crippen LogP contribution in [0, 0.1) is 6.92 Å². The maximum Gasteiger partial charge on any atom is 0.341 e. The van der Waals surface area contributed by atoms with E-state index in [-0.39, 0.29) is 12.5 Å². The number of carbonyl (C=O) groups is 2. The fraction of sp³-hybridized carbons (Fsp3) is 0.111. The Morgan fingerprint density at radius 3 is 2.18 bits per heavy atom. The number of esters is 1. The smallest absolute Gasteiger partial charge is 0.341 e. The number of rotatable bonds is 7. The van der Waals surface area contributed by atoms with E-state index in [0.29, 0.717) is 16.3 Å². The molecule has 34 heavy (non-hydrogen) atoms. The maximum absolute atomic E-state index is 12.7. The van der Waals surface area contributed by atoms with Gasteiger partial charge < -0.3 is 14.8 Å². The molecule has 1 heterocycles. The summed E-state index contributed by atoms with van der Waals surface area (Å²) in [6.45, 7) is 1.71. The van der Waals surface area contributed by atoms with Crippen molar-refractivity contribution >= 4 is 44.1 Å². The van der Waals surface area contributed by atoms with Gasteiger partial charge in [0, 0.05) is 10.4 Å². The minimum Gasteiger partial charge on any atom is -0.483 e. The predicted molar refractivity (Wildman–Crippen MR) is 140 cm³/mol. The molecule has 1 N–H and O–H groups in total. The normalized spacial score (nSPS) is 10.6. The van der Waals surface area contributed by atoms with E-state index in [1.54, 1.807) is 0 Å². The van der Waals surface area contributed by atoms with Crippen LogP contribution in [0.15, 0.2) is 83.3 Å². The minimum atomic E-state index is -0.501. The number of anilines is 1. The Kier molecular flexibility index (Phi) is 7.45. The number of hydrogen-bond acceptors (Lipinski definition) is 5. The Hall–Kier alpha value is -3.42. The fourth-order valence-electron chi connectivity index (χ4n) is 3.62. The van der Waals surface area contributed by atoms with Crippen molar-refractivity contribution in [3.63, 3.8) is 0 Å². The average Bonchev–Trinajstić information content (AvgIpc) is 3.19. The molecule has 0 unspecified atom stereocenters. The molecule has 0 aliphatic rings. The van der Waals surface area contributed by atoms with Gasteiger partial charge in [0.25, 0.3) is 5.91 Å². The van der Waals surface area contributed by atoms with Crippen molar-refractivity contribution in [2.24, 2.45) is 0 Å².